The molecule has 0 aliphatic heterocycles. The fourth-order valence-corrected chi connectivity index (χ4v) is 6.09. The number of fused-ring (bicyclic) bond motifs is 2. The molecule has 2 atom stereocenters. The summed E-state index contributed by atoms with van der Waals surface area (Å²) in [4.78, 5) is 51.8. The van der Waals surface area contributed by atoms with Gasteiger partial charge in [-0.1, -0.05) is 104 Å². The molecule has 1 aromatic carbocycles. The predicted molar refractivity (Wildman–Crippen MR) is 169 cm³/mol. The summed E-state index contributed by atoms with van der Waals surface area (Å²) in [5, 5.41) is 0.904. The van der Waals surface area contributed by atoms with Crippen molar-refractivity contribution in [2.45, 2.75) is 144 Å². The second-order valence-electron chi connectivity index (χ2n) is 13.2. The molecule has 0 bridgehead atoms. The summed E-state index contributed by atoms with van der Waals surface area (Å²) in [6, 6.07) is 2.90. The molecule has 40 heavy (non-hydrogen) atoms. The standard InChI is InChI=1S/C34H52N2O4/c1-7-8-9-10-13-16-19-24(2)25(3)20-17-14-11-12-15-18-21-35-30(37)26-22-28-29(23-27(26)31(35)38)33(40)36(32(28)39)34(4,5)6/h22-25H,7-21H2,1-6H3. The van der Waals surface area contributed by atoms with E-state index >= 15 is 0 Å². The third kappa shape index (κ3) is 7.61. The van der Waals surface area contributed by atoms with Crippen molar-refractivity contribution in [1.82, 2.24) is 9.13 Å². The number of rotatable bonds is 17. The van der Waals surface area contributed by atoms with Gasteiger partial charge in [-0.3, -0.25) is 28.3 Å². The van der Waals surface area contributed by atoms with Gasteiger partial charge in [-0.2, -0.15) is 0 Å². The highest BCUT2D eigenvalue weighted by Gasteiger charge is 2.24. The first-order valence-corrected chi connectivity index (χ1v) is 15.9. The summed E-state index contributed by atoms with van der Waals surface area (Å²) in [5.74, 6) is 1.59. The Bertz CT molecular complexity index is 1370. The molecule has 0 aliphatic rings. The molecule has 0 N–H and O–H groups in total. The Hall–Kier alpha value is -2.50. The molecule has 6 nitrogen and oxygen atoms in total. The highest BCUT2D eigenvalue weighted by Crippen LogP contribution is 2.24. The summed E-state index contributed by atoms with van der Waals surface area (Å²) in [7, 11) is 0. The predicted octanol–water partition coefficient (Wildman–Crippen LogP) is 7.42. The van der Waals surface area contributed by atoms with Gasteiger partial charge in [-0.05, 0) is 51.2 Å². The van der Waals surface area contributed by atoms with Gasteiger partial charge in [0.2, 0.25) is 0 Å². The monoisotopic (exact) mass is 552 g/mol. The number of unbranched alkanes of at least 4 members (excludes halogenated alkanes) is 10. The second kappa shape index (κ2) is 14.4. The number of nitrogens with zero attached hydrogens (tertiary/aromatic N) is 2. The Balaban J connectivity index is 1.43. The van der Waals surface area contributed by atoms with E-state index in [9.17, 15) is 19.2 Å². The zero-order valence-electron chi connectivity index (χ0n) is 25.9. The molecule has 3 rings (SSSR count). The molecule has 0 saturated carbocycles. The van der Waals surface area contributed by atoms with Crippen LogP contribution >= 0.6 is 0 Å². The van der Waals surface area contributed by atoms with E-state index in [-0.39, 0.29) is 32.7 Å². The first kappa shape index (κ1) is 32.0. The van der Waals surface area contributed by atoms with Crippen LogP contribution in [0.15, 0.2) is 31.3 Å². The summed E-state index contributed by atoms with van der Waals surface area (Å²) >= 11 is 0. The molecule has 0 saturated heterocycles. The number of aromatic nitrogens is 2. The van der Waals surface area contributed by atoms with Gasteiger partial charge in [0.05, 0.1) is 21.5 Å². The topological polar surface area (TPSA) is 78.1 Å². The lowest BCUT2D eigenvalue weighted by Gasteiger charge is -2.19. The van der Waals surface area contributed by atoms with E-state index in [1.54, 1.807) is 20.8 Å². The maximum atomic E-state index is 13.0. The van der Waals surface area contributed by atoms with Gasteiger partial charge in [0.1, 0.15) is 0 Å². The number of benzene rings is 1. The van der Waals surface area contributed by atoms with Gasteiger partial charge in [0.15, 0.2) is 0 Å². The molecular formula is C34H52N2O4. The van der Waals surface area contributed by atoms with Crippen LogP contribution in [0, 0.1) is 11.8 Å². The Morgan fingerprint density at radius 1 is 0.575 bits per heavy atom. The average molecular weight is 553 g/mol. The zero-order valence-corrected chi connectivity index (χ0v) is 25.9. The summed E-state index contributed by atoms with van der Waals surface area (Å²) in [5.41, 5.74) is -2.21. The van der Waals surface area contributed by atoms with E-state index < -0.39 is 16.7 Å². The molecule has 2 aromatic heterocycles. The molecule has 0 spiro atoms. The van der Waals surface area contributed by atoms with Crippen molar-refractivity contribution in [3.63, 3.8) is 0 Å². The van der Waals surface area contributed by atoms with Crippen molar-refractivity contribution in [2.24, 2.45) is 11.8 Å². The number of hydrogen-bond acceptors (Lipinski definition) is 4. The second-order valence-corrected chi connectivity index (χ2v) is 13.2. The third-order valence-electron chi connectivity index (χ3n) is 8.92. The maximum absolute atomic E-state index is 13.0. The minimum absolute atomic E-state index is 0.216. The van der Waals surface area contributed by atoms with E-state index in [0.29, 0.717) is 6.54 Å². The van der Waals surface area contributed by atoms with Crippen LogP contribution in [0.3, 0.4) is 0 Å². The maximum Gasteiger partial charge on any atom is 0.262 e. The van der Waals surface area contributed by atoms with Crippen LogP contribution < -0.4 is 22.2 Å². The molecule has 222 valence electrons. The van der Waals surface area contributed by atoms with Crippen LogP contribution in [0.4, 0.5) is 0 Å². The molecule has 0 amide bonds. The van der Waals surface area contributed by atoms with E-state index in [1.165, 1.54) is 91.9 Å². The van der Waals surface area contributed by atoms with Crippen LogP contribution in [0.25, 0.3) is 21.5 Å². The molecule has 6 heteroatoms. The van der Waals surface area contributed by atoms with Crippen molar-refractivity contribution in [3.8, 4) is 0 Å². The first-order chi connectivity index (χ1) is 19.0. The van der Waals surface area contributed by atoms with E-state index in [1.807, 2.05) is 0 Å². The molecule has 2 heterocycles. The average Bonchev–Trinajstić information content (AvgIpc) is 3.29. The Kier molecular flexibility index (Phi) is 11.5. The third-order valence-corrected chi connectivity index (χ3v) is 8.92. The van der Waals surface area contributed by atoms with Crippen LogP contribution in [-0.4, -0.2) is 9.13 Å². The SMILES string of the molecule is CCCCCCCCC(C)C(C)CCCCCCCCn1c(=O)c2cc3c(=O)n(C(C)(C)C)c(=O)c3cc2c1=O. The van der Waals surface area contributed by atoms with E-state index in [4.69, 9.17) is 0 Å². The van der Waals surface area contributed by atoms with Crippen molar-refractivity contribution in [2.75, 3.05) is 0 Å². The first-order valence-electron chi connectivity index (χ1n) is 15.9. The van der Waals surface area contributed by atoms with E-state index in [2.05, 4.69) is 20.8 Å². The summed E-state index contributed by atoms with van der Waals surface area (Å²) in [6.45, 7) is 12.8. The minimum atomic E-state index is -0.679. The van der Waals surface area contributed by atoms with Gasteiger partial charge < -0.3 is 0 Å². The van der Waals surface area contributed by atoms with Crippen molar-refractivity contribution >= 4 is 21.5 Å². The van der Waals surface area contributed by atoms with Gasteiger partial charge in [-0.25, -0.2) is 0 Å². The molecule has 0 aliphatic carbocycles. The largest absolute Gasteiger partial charge is 0.274 e. The van der Waals surface area contributed by atoms with E-state index in [0.717, 1.165) is 31.1 Å². The van der Waals surface area contributed by atoms with Crippen molar-refractivity contribution in [1.29, 1.82) is 0 Å². The molecule has 0 fully saturated rings. The van der Waals surface area contributed by atoms with Gasteiger partial charge >= 0.3 is 0 Å². The lowest BCUT2D eigenvalue weighted by Crippen LogP contribution is -2.38. The van der Waals surface area contributed by atoms with Gasteiger partial charge in [-0.15, -0.1) is 0 Å². The summed E-state index contributed by atoms with van der Waals surface area (Å²) < 4.78 is 2.49. The Morgan fingerprint density at radius 2 is 0.950 bits per heavy atom. The lowest BCUT2D eigenvalue weighted by atomic mass is 9.86. The highest BCUT2D eigenvalue weighted by molar-refractivity contribution is 5.97. The fraction of sp³-hybridized carbons (Fsp3) is 0.706. The van der Waals surface area contributed by atoms with Crippen LogP contribution in [-0.2, 0) is 12.1 Å². The van der Waals surface area contributed by atoms with Crippen LogP contribution in [0.1, 0.15) is 131 Å². The molecule has 0 radical (unpaired) electrons. The van der Waals surface area contributed by atoms with Crippen molar-refractivity contribution in [3.05, 3.63) is 53.5 Å². The molecular weight excluding hydrogens is 500 g/mol. The molecule has 3 aromatic rings. The summed E-state index contributed by atoms with van der Waals surface area (Å²) in [6.07, 6.45) is 17.4. The minimum Gasteiger partial charge on any atom is -0.274 e. The normalized spacial score (nSPS) is 13.9. The smallest absolute Gasteiger partial charge is 0.262 e. The fourth-order valence-electron chi connectivity index (χ4n) is 6.09. The van der Waals surface area contributed by atoms with Crippen LogP contribution in [0.2, 0.25) is 0 Å². The zero-order chi connectivity index (χ0) is 29.4. The Morgan fingerprint density at radius 3 is 1.38 bits per heavy atom. The quantitative estimate of drug-likeness (QED) is 0.163. The van der Waals surface area contributed by atoms with Crippen LogP contribution in [0.5, 0.6) is 0 Å². The Labute approximate surface area is 239 Å². The molecule has 2 unspecified atom stereocenters. The van der Waals surface area contributed by atoms with Gasteiger partial charge in [0, 0.05) is 12.1 Å². The van der Waals surface area contributed by atoms with Crippen molar-refractivity contribution < 1.29 is 0 Å². The highest BCUT2D eigenvalue weighted by atomic mass is 16.2. The number of hydrogen-bond donors (Lipinski definition) is 0. The van der Waals surface area contributed by atoms with Gasteiger partial charge in [0.25, 0.3) is 22.2 Å². The lowest BCUT2D eigenvalue weighted by molar-refractivity contribution is 0.322.